The molecule has 1 aromatic heterocycles. The second-order valence-electron chi connectivity index (χ2n) is 4.91. The molecule has 0 aliphatic heterocycles. The normalized spacial score (nSPS) is 11.7. The van der Waals surface area contributed by atoms with E-state index >= 15 is 0 Å². The van der Waals surface area contributed by atoms with Crippen molar-refractivity contribution in [2.24, 2.45) is 0 Å². The van der Waals surface area contributed by atoms with Crippen molar-refractivity contribution in [1.29, 1.82) is 0 Å². The summed E-state index contributed by atoms with van der Waals surface area (Å²) < 4.78 is 0.902. The predicted octanol–water partition coefficient (Wildman–Crippen LogP) is 5.02. The maximum Gasteiger partial charge on any atom is 0.190 e. The van der Waals surface area contributed by atoms with Gasteiger partial charge in [-0.1, -0.05) is 64.5 Å². The van der Waals surface area contributed by atoms with Gasteiger partial charge in [0.15, 0.2) is 5.43 Å². The molecule has 1 heterocycles. The van der Waals surface area contributed by atoms with Crippen LogP contribution in [0.5, 0.6) is 0 Å². The van der Waals surface area contributed by atoms with Gasteiger partial charge in [-0.05, 0) is 29.8 Å². The Morgan fingerprint density at radius 1 is 0.909 bits per heavy atom. The third-order valence-electron chi connectivity index (χ3n) is 3.29. The number of benzene rings is 2. The summed E-state index contributed by atoms with van der Waals surface area (Å²) in [5.41, 5.74) is 2.78. The lowest BCUT2D eigenvalue weighted by Gasteiger charge is -2.00. The summed E-state index contributed by atoms with van der Waals surface area (Å²) in [6, 6.07) is 17.3. The fourth-order valence-electron chi connectivity index (χ4n) is 2.22. The number of halogens is 1. The molecule has 2 nitrogen and oxygen atoms in total. The van der Waals surface area contributed by atoms with Crippen LogP contribution in [0.1, 0.15) is 11.3 Å². The van der Waals surface area contributed by atoms with Gasteiger partial charge in [-0.3, -0.25) is 4.79 Å². The Kier molecular flexibility index (Phi) is 4.35. The number of pyridine rings is 1. The molecule has 3 heteroatoms. The molecule has 0 aliphatic rings. The summed E-state index contributed by atoms with van der Waals surface area (Å²) in [6.07, 6.45) is 7.79. The lowest BCUT2D eigenvalue weighted by molar-refractivity contribution is 1.35. The van der Waals surface area contributed by atoms with Crippen molar-refractivity contribution in [3.8, 4) is 0 Å². The van der Waals surface area contributed by atoms with E-state index in [2.05, 4.69) is 20.9 Å². The summed E-state index contributed by atoms with van der Waals surface area (Å²) in [5, 5.41) is 0.686. The largest absolute Gasteiger partial charge is 0.355 e. The maximum absolute atomic E-state index is 12.1. The fraction of sp³-hybridized carbons (Fsp3) is 0. The fourth-order valence-corrected chi connectivity index (χ4v) is 2.58. The number of fused-ring (bicyclic) bond motifs is 1. The molecule has 0 bridgehead atoms. The predicted molar refractivity (Wildman–Crippen MR) is 96.8 cm³/mol. The topological polar surface area (TPSA) is 32.9 Å². The Bertz CT molecular complexity index is 908. The van der Waals surface area contributed by atoms with E-state index in [4.69, 9.17) is 0 Å². The van der Waals surface area contributed by atoms with Crippen molar-refractivity contribution in [1.82, 2.24) is 4.98 Å². The molecule has 3 aromatic rings. The molecular weight excluding hydrogens is 338 g/mol. The van der Waals surface area contributed by atoms with E-state index in [1.807, 2.05) is 72.8 Å². The van der Waals surface area contributed by atoms with E-state index in [-0.39, 0.29) is 5.43 Å². The van der Waals surface area contributed by atoms with Crippen molar-refractivity contribution in [3.63, 3.8) is 0 Å². The zero-order valence-electron chi connectivity index (χ0n) is 11.8. The van der Waals surface area contributed by atoms with Crippen LogP contribution in [-0.4, -0.2) is 4.98 Å². The molecule has 0 spiro atoms. The smallest absolute Gasteiger partial charge is 0.190 e. The van der Waals surface area contributed by atoms with Gasteiger partial charge in [-0.2, -0.15) is 0 Å². The number of rotatable bonds is 3. The van der Waals surface area contributed by atoms with E-state index in [0.717, 1.165) is 21.2 Å². The molecule has 2 aromatic carbocycles. The number of hydrogen-bond donors (Lipinski definition) is 1. The first-order valence-corrected chi connectivity index (χ1v) is 7.74. The summed E-state index contributed by atoms with van der Waals surface area (Å²) in [6.45, 7) is 0. The van der Waals surface area contributed by atoms with Gasteiger partial charge in [0, 0.05) is 27.1 Å². The van der Waals surface area contributed by atoms with Crippen LogP contribution in [0, 0.1) is 0 Å². The standard InChI is InChI=1S/C19H14BrNO/c20-15-10-11-18-17(12-15)19(22)13-16(21-18)9-5-4-8-14-6-2-1-3-7-14/h1-13H,(H,21,22)/b8-4+,9-5+. The van der Waals surface area contributed by atoms with Gasteiger partial charge in [0.25, 0.3) is 0 Å². The molecule has 0 aliphatic carbocycles. The number of allylic oxidation sites excluding steroid dienone is 2. The highest BCUT2D eigenvalue weighted by atomic mass is 79.9. The molecule has 1 N–H and O–H groups in total. The SMILES string of the molecule is O=c1cc(/C=C/C=C/c2ccccc2)[nH]c2ccc(Br)cc12. The van der Waals surface area contributed by atoms with Gasteiger partial charge in [-0.15, -0.1) is 0 Å². The van der Waals surface area contributed by atoms with Crippen LogP contribution in [0.25, 0.3) is 23.1 Å². The minimum atomic E-state index is 0.0155. The summed E-state index contributed by atoms with van der Waals surface area (Å²) in [7, 11) is 0. The van der Waals surface area contributed by atoms with Crippen LogP contribution in [0.2, 0.25) is 0 Å². The minimum absolute atomic E-state index is 0.0155. The second kappa shape index (κ2) is 6.58. The zero-order chi connectivity index (χ0) is 15.4. The van der Waals surface area contributed by atoms with Gasteiger partial charge < -0.3 is 4.98 Å². The quantitative estimate of drug-likeness (QED) is 0.660. The van der Waals surface area contributed by atoms with Crippen LogP contribution >= 0.6 is 15.9 Å². The Balaban J connectivity index is 1.85. The molecule has 22 heavy (non-hydrogen) atoms. The molecule has 0 saturated carbocycles. The van der Waals surface area contributed by atoms with E-state index in [1.165, 1.54) is 0 Å². The van der Waals surface area contributed by atoms with E-state index in [0.29, 0.717) is 5.39 Å². The van der Waals surface area contributed by atoms with Crippen LogP contribution in [0.4, 0.5) is 0 Å². The minimum Gasteiger partial charge on any atom is -0.355 e. The molecule has 108 valence electrons. The number of aromatic amines is 1. The molecule has 0 saturated heterocycles. The first kappa shape index (κ1) is 14.5. The third kappa shape index (κ3) is 3.43. The van der Waals surface area contributed by atoms with Crippen LogP contribution in [-0.2, 0) is 0 Å². The molecule has 0 fully saturated rings. The number of H-pyrrole nitrogens is 1. The van der Waals surface area contributed by atoms with Gasteiger partial charge in [0.2, 0.25) is 0 Å². The summed E-state index contributed by atoms with van der Waals surface area (Å²) >= 11 is 3.38. The number of aromatic nitrogens is 1. The second-order valence-corrected chi connectivity index (χ2v) is 5.82. The van der Waals surface area contributed by atoms with E-state index in [1.54, 1.807) is 6.07 Å². The number of hydrogen-bond acceptors (Lipinski definition) is 1. The molecule has 0 unspecified atom stereocenters. The van der Waals surface area contributed by atoms with Gasteiger partial charge >= 0.3 is 0 Å². The Morgan fingerprint density at radius 2 is 1.68 bits per heavy atom. The van der Waals surface area contributed by atoms with Crippen molar-refractivity contribution < 1.29 is 0 Å². The van der Waals surface area contributed by atoms with Crippen molar-refractivity contribution in [2.45, 2.75) is 0 Å². The highest BCUT2D eigenvalue weighted by Crippen LogP contribution is 2.16. The first-order valence-electron chi connectivity index (χ1n) is 6.95. The molecular formula is C19H14BrNO. The van der Waals surface area contributed by atoms with E-state index < -0.39 is 0 Å². The zero-order valence-corrected chi connectivity index (χ0v) is 13.4. The van der Waals surface area contributed by atoms with E-state index in [9.17, 15) is 4.79 Å². The molecule has 3 rings (SSSR count). The van der Waals surface area contributed by atoms with Crippen molar-refractivity contribution in [3.05, 3.63) is 92.7 Å². The average Bonchev–Trinajstić information content (AvgIpc) is 2.53. The highest BCUT2D eigenvalue weighted by Gasteiger charge is 2.00. The van der Waals surface area contributed by atoms with Crippen molar-refractivity contribution >= 4 is 39.0 Å². The lowest BCUT2D eigenvalue weighted by Crippen LogP contribution is -2.02. The Hall–Kier alpha value is -2.39. The molecule has 0 radical (unpaired) electrons. The Labute approximate surface area is 136 Å². The third-order valence-corrected chi connectivity index (χ3v) is 3.78. The van der Waals surface area contributed by atoms with Gasteiger partial charge in [-0.25, -0.2) is 0 Å². The van der Waals surface area contributed by atoms with Crippen molar-refractivity contribution in [2.75, 3.05) is 0 Å². The summed E-state index contributed by atoms with van der Waals surface area (Å²) in [5.74, 6) is 0. The van der Waals surface area contributed by atoms with Crippen LogP contribution in [0.15, 0.2) is 76.0 Å². The Morgan fingerprint density at radius 3 is 2.50 bits per heavy atom. The highest BCUT2D eigenvalue weighted by molar-refractivity contribution is 9.10. The van der Waals surface area contributed by atoms with Crippen LogP contribution in [0.3, 0.4) is 0 Å². The van der Waals surface area contributed by atoms with Gasteiger partial charge in [0.05, 0.1) is 0 Å². The maximum atomic E-state index is 12.1. The number of nitrogens with one attached hydrogen (secondary N) is 1. The summed E-state index contributed by atoms with van der Waals surface area (Å²) in [4.78, 5) is 15.4. The average molecular weight is 352 g/mol. The molecule has 0 atom stereocenters. The molecule has 0 amide bonds. The monoisotopic (exact) mass is 351 g/mol. The van der Waals surface area contributed by atoms with Gasteiger partial charge in [0.1, 0.15) is 0 Å². The first-order chi connectivity index (χ1) is 10.7. The van der Waals surface area contributed by atoms with Crippen LogP contribution < -0.4 is 5.43 Å². The lowest BCUT2D eigenvalue weighted by atomic mass is 10.2.